The number of likely N-dealkylation sites (tertiary alicyclic amines) is 1. The van der Waals surface area contributed by atoms with Crippen LogP contribution in [-0.4, -0.2) is 66.5 Å². The van der Waals surface area contributed by atoms with Crippen molar-refractivity contribution in [1.82, 2.24) is 4.90 Å². The van der Waals surface area contributed by atoms with Crippen LogP contribution in [0.3, 0.4) is 0 Å². The van der Waals surface area contributed by atoms with Crippen molar-refractivity contribution >= 4 is 11.9 Å². The second kappa shape index (κ2) is 15.1. The highest BCUT2D eigenvalue weighted by atomic mass is 16.5. The maximum absolute atomic E-state index is 9.10. The van der Waals surface area contributed by atoms with Gasteiger partial charge in [-0.15, -0.1) is 0 Å². The average Bonchev–Trinajstić information content (AvgIpc) is 2.86. The molecule has 1 aliphatic heterocycles. The summed E-state index contributed by atoms with van der Waals surface area (Å²) in [6, 6.07) is 18.9. The first kappa shape index (κ1) is 27.3. The molecule has 1 saturated heterocycles. The summed E-state index contributed by atoms with van der Waals surface area (Å²) in [7, 11) is 1.86. The summed E-state index contributed by atoms with van der Waals surface area (Å²) in [4.78, 5) is 20.8. The zero-order valence-electron chi connectivity index (χ0n) is 20.2. The predicted molar refractivity (Wildman–Crippen MR) is 132 cm³/mol. The van der Waals surface area contributed by atoms with E-state index in [2.05, 4.69) is 60.4 Å². The van der Waals surface area contributed by atoms with Gasteiger partial charge in [-0.1, -0.05) is 62.2 Å². The van der Waals surface area contributed by atoms with Crippen molar-refractivity contribution in [3.8, 4) is 16.9 Å². The van der Waals surface area contributed by atoms with E-state index < -0.39 is 11.9 Å². The molecule has 1 heterocycles. The molecule has 2 aromatic carbocycles. The number of ether oxygens (including phenoxy) is 2. The number of hydrogen-bond donors (Lipinski definition) is 2. The molecule has 0 saturated carbocycles. The van der Waals surface area contributed by atoms with E-state index in [4.69, 9.17) is 29.3 Å². The highest BCUT2D eigenvalue weighted by molar-refractivity contribution is 6.27. The van der Waals surface area contributed by atoms with E-state index in [1.54, 1.807) is 0 Å². The quantitative estimate of drug-likeness (QED) is 0.379. The van der Waals surface area contributed by atoms with E-state index in [9.17, 15) is 0 Å². The van der Waals surface area contributed by atoms with Gasteiger partial charge in [-0.3, -0.25) is 0 Å². The third-order valence-electron chi connectivity index (χ3n) is 6.06. The third-order valence-corrected chi connectivity index (χ3v) is 6.06. The molecule has 0 aromatic heterocycles. The maximum atomic E-state index is 9.10. The molecule has 7 heteroatoms. The minimum absolute atomic E-state index is 0.333. The summed E-state index contributed by atoms with van der Waals surface area (Å²) in [6.45, 7) is 6.49. The van der Waals surface area contributed by atoms with Crippen LogP contribution in [0.4, 0.5) is 0 Å². The summed E-state index contributed by atoms with van der Waals surface area (Å²) < 4.78 is 11.8. The highest BCUT2D eigenvalue weighted by Crippen LogP contribution is 2.25. The first-order valence-corrected chi connectivity index (χ1v) is 11.9. The molecule has 0 spiro atoms. The lowest BCUT2D eigenvalue weighted by Gasteiger charge is -2.37. The monoisotopic (exact) mass is 471 g/mol. The van der Waals surface area contributed by atoms with Gasteiger partial charge in [0, 0.05) is 13.7 Å². The number of benzene rings is 2. The largest absolute Gasteiger partial charge is 0.494 e. The third kappa shape index (κ3) is 9.53. The molecular weight excluding hydrogens is 434 g/mol. The molecule has 2 aromatic rings. The molecule has 0 bridgehead atoms. The summed E-state index contributed by atoms with van der Waals surface area (Å²) >= 11 is 0. The van der Waals surface area contributed by atoms with E-state index in [0.29, 0.717) is 12.0 Å². The fourth-order valence-electron chi connectivity index (χ4n) is 4.12. The van der Waals surface area contributed by atoms with E-state index in [-0.39, 0.29) is 0 Å². The van der Waals surface area contributed by atoms with Crippen LogP contribution in [0.25, 0.3) is 11.1 Å². The number of rotatable bonds is 10. The van der Waals surface area contributed by atoms with Gasteiger partial charge < -0.3 is 24.6 Å². The summed E-state index contributed by atoms with van der Waals surface area (Å²) in [5.41, 5.74) is 2.46. The van der Waals surface area contributed by atoms with Gasteiger partial charge in [0.1, 0.15) is 5.75 Å². The van der Waals surface area contributed by atoms with Crippen LogP contribution >= 0.6 is 0 Å². The number of methoxy groups -OCH3 is 1. The topological polar surface area (TPSA) is 96.3 Å². The van der Waals surface area contributed by atoms with E-state index in [0.717, 1.165) is 25.3 Å². The van der Waals surface area contributed by atoms with Crippen molar-refractivity contribution in [3.05, 3.63) is 54.6 Å². The summed E-state index contributed by atoms with van der Waals surface area (Å²) in [5, 5.41) is 14.8. The zero-order valence-corrected chi connectivity index (χ0v) is 20.2. The second-order valence-electron chi connectivity index (χ2n) is 8.47. The highest BCUT2D eigenvalue weighted by Gasteiger charge is 2.28. The zero-order chi connectivity index (χ0) is 24.8. The number of carboxylic acid groups (broad SMARTS) is 2. The Bertz CT molecular complexity index is 843. The van der Waals surface area contributed by atoms with Crippen molar-refractivity contribution in [2.24, 2.45) is 5.92 Å². The Balaban J connectivity index is 0.000000604. The molecule has 2 N–H and O–H groups in total. The molecule has 1 fully saturated rings. The molecule has 3 rings (SSSR count). The minimum Gasteiger partial charge on any atom is -0.494 e. The first-order chi connectivity index (χ1) is 16.4. The lowest BCUT2D eigenvalue weighted by Crippen LogP contribution is -2.45. The molecule has 7 nitrogen and oxygen atoms in total. The smallest absolute Gasteiger partial charge is 0.414 e. The first-order valence-electron chi connectivity index (χ1n) is 11.9. The Morgan fingerprint density at radius 1 is 0.971 bits per heavy atom. The predicted octanol–water partition coefficient (Wildman–Crippen LogP) is 4.81. The number of nitrogens with zero attached hydrogens (tertiary/aromatic N) is 1. The fourth-order valence-corrected chi connectivity index (χ4v) is 4.12. The number of unbranched alkanes of at least 4 members (excludes halogenated alkanes) is 2. The number of hydrogen-bond acceptors (Lipinski definition) is 5. The molecule has 2 atom stereocenters. The molecule has 186 valence electrons. The van der Waals surface area contributed by atoms with Crippen molar-refractivity contribution in [2.75, 3.05) is 33.4 Å². The molecule has 0 aliphatic carbocycles. The van der Waals surface area contributed by atoms with Crippen molar-refractivity contribution in [2.45, 2.75) is 45.1 Å². The molecule has 1 aliphatic rings. The van der Waals surface area contributed by atoms with Crippen LogP contribution in [0.5, 0.6) is 5.75 Å². The van der Waals surface area contributed by atoms with Crippen molar-refractivity contribution in [1.29, 1.82) is 0 Å². The molecule has 34 heavy (non-hydrogen) atoms. The number of aliphatic carboxylic acids is 2. The summed E-state index contributed by atoms with van der Waals surface area (Å²) in [5.74, 6) is -2.10. The van der Waals surface area contributed by atoms with Crippen LogP contribution in [-0.2, 0) is 14.3 Å². The molecule has 0 unspecified atom stereocenters. The van der Waals surface area contributed by atoms with Crippen LogP contribution in [0.2, 0.25) is 0 Å². The van der Waals surface area contributed by atoms with Crippen LogP contribution < -0.4 is 4.74 Å². The van der Waals surface area contributed by atoms with Gasteiger partial charge in [0.2, 0.25) is 0 Å². The van der Waals surface area contributed by atoms with Gasteiger partial charge in [-0.05, 0) is 61.5 Å². The second-order valence-corrected chi connectivity index (χ2v) is 8.47. The van der Waals surface area contributed by atoms with E-state index in [1.807, 2.05) is 13.2 Å². The van der Waals surface area contributed by atoms with Crippen LogP contribution in [0.1, 0.15) is 39.0 Å². The summed E-state index contributed by atoms with van der Waals surface area (Å²) in [6.07, 6.45) is 6.52. The number of piperidine rings is 1. The Labute approximate surface area is 202 Å². The Morgan fingerprint density at radius 3 is 2.21 bits per heavy atom. The lowest BCUT2D eigenvalue weighted by atomic mass is 9.90. The SMILES string of the molecule is CCCCCN1CC[C@H](CCOc2ccc(-c3ccccc3)cc2)[C@@H](OC)C1.O=C(O)C(=O)O. The van der Waals surface area contributed by atoms with Gasteiger partial charge >= 0.3 is 11.9 Å². The van der Waals surface area contributed by atoms with Gasteiger partial charge in [-0.25, -0.2) is 9.59 Å². The maximum Gasteiger partial charge on any atom is 0.414 e. The number of carbonyl (C=O) groups is 2. The standard InChI is InChI=1S/C25H35NO2.C2H2O4/c1-3-4-8-17-26-18-15-23(25(20-26)27-2)16-19-28-24-13-11-22(12-14-24)21-9-6-5-7-10-21;3-1(4)2(5)6/h5-7,9-14,23,25H,3-4,8,15-20H2,1-2H3;(H,3,4)(H,5,6)/t23-,25+;/m1./s1. The lowest BCUT2D eigenvalue weighted by molar-refractivity contribution is -0.159. The van der Waals surface area contributed by atoms with Crippen molar-refractivity contribution in [3.63, 3.8) is 0 Å². The number of carboxylic acids is 2. The molecule has 0 amide bonds. The Hall–Kier alpha value is -2.90. The van der Waals surface area contributed by atoms with Crippen LogP contribution in [0, 0.1) is 5.92 Å². The van der Waals surface area contributed by atoms with Crippen LogP contribution in [0.15, 0.2) is 54.6 Å². The van der Waals surface area contributed by atoms with Gasteiger partial charge in [0.15, 0.2) is 0 Å². The Kier molecular flexibility index (Phi) is 12.1. The van der Waals surface area contributed by atoms with Gasteiger partial charge in [0.25, 0.3) is 0 Å². The van der Waals surface area contributed by atoms with E-state index in [1.165, 1.54) is 49.9 Å². The Morgan fingerprint density at radius 2 is 1.62 bits per heavy atom. The molecule has 0 radical (unpaired) electrons. The molecular formula is C27H37NO6. The van der Waals surface area contributed by atoms with E-state index >= 15 is 0 Å². The van der Waals surface area contributed by atoms with Gasteiger partial charge in [0.05, 0.1) is 12.7 Å². The average molecular weight is 472 g/mol. The normalized spacial score (nSPS) is 17.9. The van der Waals surface area contributed by atoms with Gasteiger partial charge in [-0.2, -0.15) is 0 Å². The fraction of sp³-hybridized carbons (Fsp3) is 0.481. The van der Waals surface area contributed by atoms with Crippen molar-refractivity contribution < 1.29 is 29.3 Å². The minimum atomic E-state index is -1.82.